The van der Waals surface area contributed by atoms with E-state index in [-0.39, 0.29) is 17.7 Å². The predicted molar refractivity (Wildman–Crippen MR) is 127 cm³/mol. The van der Waals surface area contributed by atoms with Gasteiger partial charge in [0.05, 0.1) is 18.9 Å². The van der Waals surface area contributed by atoms with E-state index < -0.39 is 0 Å². The Labute approximate surface area is 193 Å². The fourth-order valence-corrected chi connectivity index (χ4v) is 5.14. The average Bonchev–Trinajstić information content (AvgIpc) is 2.79. The second-order valence-electron chi connectivity index (χ2n) is 9.79. The number of ether oxygens (including phenoxy) is 1. The van der Waals surface area contributed by atoms with Crippen molar-refractivity contribution in [1.29, 1.82) is 0 Å². The molecule has 2 heterocycles. The van der Waals surface area contributed by atoms with Gasteiger partial charge in [-0.25, -0.2) is 0 Å². The highest BCUT2D eigenvalue weighted by Gasteiger charge is 2.28. The normalized spacial score (nSPS) is 24.2. The standard InChI is InChI=1S/C26H41N3O3/c1-21-17-22(2)19-28(18-21)14-7-6-13-27-26(31)23-9-8-15-29(20-23)25(30)12-16-32-24-10-4-3-5-11-24/h3-5,10-11,21-23H,6-9,12-20H2,1-2H3,(H,27,31). The summed E-state index contributed by atoms with van der Waals surface area (Å²) in [6.07, 6.45) is 5.56. The Morgan fingerprint density at radius 1 is 1.06 bits per heavy atom. The molecule has 1 aromatic carbocycles. The second kappa shape index (κ2) is 12.8. The Kier molecular flexibility index (Phi) is 9.85. The molecule has 2 aliphatic rings. The molecule has 0 spiro atoms. The van der Waals surface area contributed by atoms with Crippen molar-refractivity contribution in [1.82, 2.24) is 15.1 Å². The highest BCUT2D eigenvalue weighted by Crippen LogP contribution is 2.21. The summed E-state index contributed by atoms with van der Waals surface area (Å²) in [5, 5.41) is 3.11. The van der Waals surface area contributed by atoms with Crippen LogP contribution in [0, 0.1) is 17.8 Å². The van der Waals surface area contributed by atoms with Gasteiger partial charge in [0, 0.05) is 32.7 Å². The van der Waals surface area contributed by atoms with Crippen LogP contribution >= 0.6 is 0 Å². The van der Waals surface area contributed by atoms with Crippen LogP contribution in [-0.4, -0.2) is 67.5 Å². The fraction of sp³-hybridized carbons (Fsp3) is 0.692. The number of nitrogens with one attached hydrogen (secondary N) is 1. The van der Waals surface area contributed by atoms with E-state index in [2.05, 4.69) is 24.1 Å². The number of unbranched alkanes of at least 4 members (excludes halogenated alkanes) is 1. The first kappa shape index (κ1) is 24.6. The van der Waals surface area contributed by atoms with Crippen LogP contribution in [0.2, 0.25) is 0 Å². The molecule has 6 nitrogen and oxygen atoms in total. The maximum Gasteiger partial charge on any atom is 0.226 e. The molecule has 3 rings (SSSR count). The van der Waals surface area contributed by atoms with Gasteiger partial charge in [-0.1, -0.05) is 32.0 Å². The zero-order valence-electron chi connectivity index (χ0n) is 19.9. The molecule has 2 fully saturated rings. The van der Waals surface area contributed by atoms with Gasteiger partial charge in [0.2, 0.25) is 11.8 Å². The number of likely N-dealkylation sites (tertiary alicyclic amines) is 2. The summed E-state index contributed by atoms with van der Waals surface area (Å²) in [5.74, 6) is 2.44. The van der Waals surface area contributed by atoms with Crippen molar-refractivity contribution in [2.45, 2.75) is 52.4 Å². The molecule has 32 heavy (non-hydrogen) atoms. The summed E-state index contributed by atoms with van der Waals surface area (Å²) < 4.78 is 5.64. The van der Waals surface area contributed by atoms with E-state index in [0.29, 0.717) is 19.6 Å². The van der Waals surface area contributed by atoms with E-state index >= 15 is 0 Å². The summed E-state index contributed by atoms with van der Waals surface area (Å²) in [7, 11) is 0. The third-order valence-corrected chi connectivity index (χ3v) is 6.62. The molecule has 1 aromatic rings. The number of para-hydroxylation sites is 1. The van der Waals surface area contributed by atoms with Crippen molar-refractivity contribution >= 4 is 11.8 Å². The van der Waals surface area contributed by atoms with Crippen molar-refractivity contribution in [3.8, 4) is 5.75 Å². The van der Waals surface area contributed by atoms with Gasteiger partial charge in [0.1, 0.15) is 5.75 Å². The second-order valence-corrected chi connectivity index (χ2v) is 9.79. The fourth-order valence-electron chi connectivity index (χ4n) is 5.14. The van der Waals surface area contributed by atoms with E-state index in [1.165, 1.54) is 19.5 Å². The summed E-state index contributed by atoms with van der Waals surface area (Å²) >= 11 is 0. The Morgan fingerprint density at radius 3 is 2.56 bits per heavy atom. The molecule has 0 saturated carbocycles. The van der Waals surface area contributed by atoms with Crippen LogP contribution in [-0.2, 0) is 9.59 Å². The van der Waals surface area contributed by atoms with Crippen LogP contribution in [0.15, 0.2) is 30.3 Å². The molecule has 0 aliphatic carbocycles. The molecule has 3 atom stereocenters. The van der Waals surface area contributed by atoms with Crippen molar-refractivity contribution < 1.29 is 14.3 Å². The first-order chi connectivity index (χ1) is 15.5. The Balaban J connectivity index is 1.29. The van der Waals surface area contributed by atoms with Crippen molar-refractivity contribution in [2.24, 2.45) is 17.8 Å². The number of hydrogen-bond donors (Lipinski definition) is 1. The summed E-state index contributed by atoms with van der Waals surface area (Å²) in [6, 6.07) is 9.55. The molecule has 2 amide bonds. The number of piperidine rings is 2. The molecule has 0 aromatic heterocycles. The first-order valence-corrected chi connectivity index (χ1v) is 12.5. The minimum atomic E-state index is -0.0912. The Morgan fingerprint density at radius 2 is 1.81 bits per heavy atom. The zero-order chi connectivity index (χ0) is 22.8. The largest absolute Gasteiger partial charge is 0.493 e. The van der Waals surface area contributed by atoms with Gasteiger partial charge in [-0.15, -0.1) is 0 Å². The molecule has 0 bridgehead atoms. The third kappa shape index (κ3) is 8.12. The highest BCUT2D eigenvalue weighted by molar-refractivity contribution is 5.81. The molecule has 3 unspecified atom stereocenters. The maximum absolute atomic E-state index is 12.6. The van der Waals surface area contributed by atoms with Gasteiger partial charge in [-0.3, -0.25) is 9.59 Å². The number of carbonyl (C=O) groups excluding carboxylic acids is 2. The summed E-state index contributed by atoms with van der Waals surface area (Å²) in [5.41, 5.74) is 0. The minimum absolute atomic E-state index is 0.0726. The monoisotopic (exact) mass is 443 g/mol. The van der Waals surface area contributed by atoms with Crippen LogP contribution in [0.3, 0.4) is 0 Å². The molecule has 6 heteroatoms. The third-order valence-electron chi connectivity index (χ3n) is 6.62. The van der Waals surface area contributed by atoms with Gasteiger partial charge >= 0.3 is 0 Å². The van der Waals surface area contributed by atoms with Crippen LogP contribution < -0.4 is 10.1 Å². The topological polar surface area (TPSA) is 61.9 Å². The van der Waals surface area contributed by atoms with E-state index in [1.54, 1.807) is 0 Å². The Bertz CT molecular complexity index is 702. The van der Waals surface area contributed by atoms with Crippen LogP contribution in [0.25, 0.3) is 0 Å². The lowest BCUT2D eigenvalue weighted by molar-refractivity contribution is -0.136. The van der Waals surface area contributed by atoms with Gasteiger partial charge < -0.3 is 19.9 Å². The van der Waals surface area contributed by atoms with Gasteiger partial charge in [0.25, 0.3) is 0 Å². The molecular weight excluding hydrogens is 402 g/mol. The van der Waals surface area contributed by atoms with E-state index in [9.17, 15) is 9.59 Å². The highest BCUT2D eigenvalue weighted by atomic mass is 16.5. The molecule has 0 radical (unpaired) electrons. The van der Waals surface area contributed by atoms with Crippen molar-refractivity contribution in [3.05, 3.63) is 30.3 Å². The maximum atomic E-state index is 12.6. The van der Waals surface area contributed by atoms with E-state index in [4.69, 9.17) is 4.74 Å². The average molecular weight is 444 g/mol. The van der Waals surface area contributed by atoms with E-state index in [1.807, 2.05) is 35.2 Å². The lowest BCUT2D eigenvalue weighted by Gasteiger charge is -2.35. The number of amides is 2. The van der Waals surface area contributed by atoms with Gasteiger partial charge in [-0.05, 0) is 62.6 Å². The number of benzene rings is 1. The minimum Gasteiger partial charge on any atom is -0.493 e. The summed E-state index contributed by atoms with van der Waals surface area (Å²) in [6.45, 7) is 10.6. The number of nitrogens with zero attached hydrogens (tertiary/aromatic N) is 2. The van der Waals surface area contributed by atoms with Crippen LogP contribution in [0.4, 0.5) is 0 Å². The number of carbonyl (C=O) groups is 2. The number of rotatable bonds is 10. The first-order valence-electron chi connectivity index (χ1n) is 12.5. The van der Waals surface area contributed by atoms with Gasteiger partial charge in [0.15, 0.2) is 0 Å². The molecule has 2 aliphatic heterocycles. The number of hydrogen-bond acceptors (Lipinski definition) is 4. The summed E-state index contributed by atoms with van der Waals surface area (Å²) in [4.78, 5) is 29.6. The van der Waals surface area contributed by atoms with Crippen molar-refractivity contribution in [2.75, 3.05) is 45.9 Å². The zero-order valence-corrected chi connectivity index (χ0v) is 19.9. The molecule has 2 saturated heterocycles. The van der Waals surface area contributed by atoms with Gasteiger partial charge in [-0.2, -0.15) is 0 Å². The Hall–Kier alpha value is -2.08. The van der Waals surface area contributed by atoms with Crippen molar-refractivity contribution in [3.63, 3.8) is 0 Å². The molecular formula is C26H41N3O3. The van der Waals surface area contributed by atoms with Crippen LogP contribution in [0.1, 0.15) is 52.4 Å². The quantitative estimate of drug-likeness (QED) is 0.562. The molecule has 178 valence electrons. The predicted octanol–water partition coefficient (Wildman–Crippen LogP) is 3.57. The molecule has 1 N–H and O–H groups in total. The SMILES string of the molecule is CC1CC(C)CN(CCCCNC(=O)C2CCCN(C(=O)CCOc3ccccc3)C2)C1. The lowest BCUT2D eigenvalue weighted by atomic mass is 9.92. The lowest BCUT2D eigenvalue weighted by Crippen LogP contribution is -2.46. The smallest absolute Gasteiger partial charge is 0.226 e. The van der Waals surface area contributed by atoms with E-state index in [0.717, 1.165) is 62.9 Å². The van der Waals surface area contributed by atoms with Crippen LogP contribution in [0.5, 0.6) is 5.75 Å².